The Kier molecular flexibility index (Phi) is 9.18. The van der Waals surface area contributed by atoms with Crippen LogP contribution in [0.3, 0.4) is 0 Å². The topological polar surface area (TPSA) is 99.1 Å². The van der Waals surface area contributed by atoms with Crippen molar-refractivity contribution in [2.75, 3.05) is 26.7 Å². The Morgan fingerprint density at radius 1 is 1.06 bits per heavy atom. The Hall–Kier alpha value is -2.74. The van der Waals surface area contributed by atoms with E-state index in [0.29, 0.717) is 30.8 Å². The van der Waals surface area contributed by atoms with Gasteiger partial charge in [-0.25, -0.2) is 0 Å². The highest BCUT2D eigenvalue weighted by atomic mass is 16.5. The SMILES string of the molecule is CC(C)(O)O.CN(C[C@@H]1CO[C@H](CNC(=O)c2ccccc2)C1)C(=O)c1ccccc1.[HH]. The van der Waals surface area contributed by atoms with E-state index in [2.05, 4.69) is 5.32 Å². The number of carbonyl (C=O) groups excluding carboxylic acids is 2. The molecule has 0 spiro atoms. The van der Waals surface area contributed by atoms with Crippen molar-refractivity contribution in [3.8, 4) is 0 Å². The standard InChI is InChI=1S/C21H24N2O3.C3H8O2.H2/c1-23(21(25)18-10-6-3-7-11-18)14-16-12-19(26-15-16)13-22-20(24)17-8-4-2-5-9-17;1-3(2,4)5;/h2-11,16,19H,12-15H2,1H3,(H,22,24);4-5H,1-2H3;1H/t16-,19+;;/m1../s1. The first kappa shape index (κ1) is 24.5. The fourth-order valence-corrected chi connectivity index (χ4v) is 3.22. The molecule has 0 radical (unpaired) electrons. The van der Waals surface area contributed by atoms with E-state index in [1.54, 1.807) is 17.0 Å². The van der Waals surface area contributed by atoms with Crippen LogP contribution in [0.2, 0.25) is 0 Å². The summed E-state index contributed by atoms with van der Waals surface area (Å²) in [6, 6.07) is 18.4. The molecule has 1 aliphatic rings. The summed E-state index contributed by atoms with van der Waals surface area (Å²) < 4.78 is 5.79. The van der Waals surface area contributed by atoms with Crippen molar-refractivity contribution in [3.05, 3.63) is 71.8 Å². The third-order valence-electron chi connectivity index (χ3n) is 4.59. The van der Waals surface area contributed by atoms with Crippen molar-refractivity contribution in [1.29, 1.82) is 0 Å². The van der Waals surface area contributed by atoms with Crippen LogP contribution in [0.5, 0.6) is 0 Å². The van der Waals surface area contributed by atoms with Crippen molar-refractivity contribution in [3.63, 3.8) is 0 Å². The van der Waals surface area contributed by atoms with Crippen LogP contribution in [0.15, 0.2) is 60.7 Å². The van der Waals surface area contributed by atoms with Gasteiger partial charge in [-0.2, -0.15) is 0 Å². The summed E-state index contributed by atoms with van der Waals surface area (Å²) in [5, 5.41) is 19.1. The van der Waals surface area contributed by atoms with Gasteiger partial charge in [0.1, 0.15) is 0 Å². The minimum absolute atomic E-state index is 0. The molecule has 1 aliphatic heterocycles. The number of carbonyl (C=O) groups is 2. The minimum Gasteiger partial charge on any atom is -0.376 e. The Morgan fingerprint density at radius 3 is 2.13 bits per heavy atom. The average molecular weight is 431 g/mol. The zero-order chi connectivity index (χ0) is 22.9. The lowest BCUT2D eigenvalue weighted by atomic mass is 10.0. The van der Waals surface area contributed by atoms with Gasteiger partial charge in [-0.05, 0) is 44.5 Å². The maximum atomic E-state index is 12.4. The smallest absolute Gasteiger partial charge is 0.253 e. The Balaban J connectivity index is 0.000000770. The third-order valence-corrected chi connectivity index (χ3v) is 4.59. The summed E-state index contributed by atoms with van der Waals surface area (Å²) >= 11 is 0. The molecule has 0 saturated carbocycles. The minimum atomic E-state index is -1.50. The number of benzene rings is 2. The second kappa shape index (κ2) is 11.6. The van der Waals surface area contributed by atoms with Crippen molar-refractivity contribution in [2.45, 2.75) is 32.2 Å². The monoisotopic (exact) mass is 430 g/mol. The van der Waals surface area contributed by atoms with Gasteiger partial charge in [0.2, 0.25) is 0 Å². The van der Waals surface area contributed by atoms with E-state index in [4.69, 9.17) is 14.9 Å². The van der Waals surface area contributed by atoms with E-state index in [1.165, 1.54) is 13.8 Å². The largest absolute Gasteiger partial charge is 0.376 e. The van der Waals surface area contributed by atoms with Crippen molar-refractivity contribution < 1.29 is 26.0 Å². The molecule has 1 heterocycles. The van der Waals surface area contributed by atoms with E-state index in [0.717, 1.165) is 6.42 Å². The second-order valence-corrected chi connectivity index (χ2v) is 8.18. The van der Waals surface area contributed by atoms with Crippen LogP contribution in [0.4, 0.5) is 0 Å². The van der Waals surface area contributed by atoms with E-state index in [-0.39, 0.29) is 25.3 Å². The molecule has 7 nitrogen and oxygen atoms in total. The normalized spacial score (nSPS) is 18.0. The van der Waals surface area contributed by atoms with Crippen molar-refractivity contribution in [1.82, 2.24) is 10.2 Å². The fourth-order valence-electron chi connectivity index (χ4n) is 3.22. The lowest BCUT2D eigenvalue weighted by molar-refractivity contribution is -0.127. The Bertz CT molecular complexity index is 821. The summed E-state index contributed by atoms with van der Waals surface area (Å²) in [7, 11) is 1.82. The van der Waals surface area contributed by atoms with E-state index >= 15 is 0 Å². The molecule has 7 heteroatoms. The maximum absolute atomic E-state index is 12.4. The quantitative estimate of drug-likeness (QED) is 0.612. The highest BCUT2D eigenvalue weighted by Gasteiger charge is 2.28. The molecule has 0 aliphatic carbocycles. The fraction of sp³-hybridized carbons (Fsp3) is 0.417. The highest BCUT2D eigenvalue weighted by Crippen LogP contribution is 2.20. The number of amides is 2. The Labute approximate surface area is 185 Å². The number of hydrogen-bond acceptors (Lipinski definition) is 5. The van der Waals surface area contributed by atoms with Crippen LogP contribution in [0.1, 0.15) is 42.4 Å². The average Bonchev–Trinajstić information content (AvgIpc) is 3.18. The van der Waals surface area contributed by atoms with Crippen LogP contribution in [0.25, 0.3) is 0 Å². The molecule has 1 saturated heterocycles. The molecule has 2 aromatic rings. The van der Waals surface area contributed by atoms with Crippen LogP contribution in [-0.4, -0.2) is 65.6 Å². The number of aliphatic hydroxyl groups is 2. The van der Waals surface area contributed by atoms with E-state index in [1.807, 2.05) is 55.6 Å². The molecular formula is C24H34N2O5. The lowest BCUT2D eigenvalue weighted by Crippen LogP contribution is -2.33. The molecule has 0 unspecified atom stereocenters. The molecular weight excluding hydrogens is 396 g/mol. The first-order valence-electron chi connectivity index (χ1n) is 10.3. The zero-order valence-corrected chi connectivity index (χ0v) is 18.3. The number of rotatable bonds is 6. The zero-order valence-electron chi connectivity index (χ0n) is 18.3. The first-order valence-corrected chi connectivity index (χ1v) is 10.3. The van der Waals surface area contributed by atoms with Gasteiger partial charge in [-0.3, -0.25) is 9.59 Å². The van der Waals surface area contributed by atoms with Crippen LogP contribution < -0.4 is 5.32 Å². The molecule has 0 bridgehead atoms. The van der Waals surface area contributed by atoms with Gasteiger partial charge in [0.25, 0.3) is 11.8 Å². The molecule has 1 fully saturated rings. The van der Waals surface area contributed by atoms with Gasteiger partial charge in [-0.1, -0.05) is 36.4 Å². The molecule has 0 aromatic heterocycles. The molecule has 170 valence electrons. The summed E-state index contributed by atoms with van der Waals surface area (Å²) in [6.45, 7) is 4.34. The van der Waals surface area contributed by atoms with Crippen LogP contribution in [0, 0.1) is 5.92 Å². The molecule has 31 heavy (non-hydrogen) atoms. The summed E-state index contributed by atoms with van der Waals surface area (Å²) in [4.78, 5) is 26.2. The summed E-state index contributed by atoms with van der Waals surface area (Å²) in [5.74, 6) is -1.29. The van der Waals surface area contributed by atoms with Crippen LogP contribution in [-0.2, 0) is 4.74 Å². The van der Waals surface area contributed by atoms with Gasteiger partial charge in [0.15, 0.2) is 5.79 Å². The van der Waals surface area contributed by atoms with Crippen molar-refractivity contribution >= 4 is 11.8 Å². The molecule has 3 N–H and O–H groups in total. The third kappa shape index (κ3) is 9.29. The molecule has 2 aromatic carbocycles. The maximum Gasteiger partial charge on any atom is 0.253 e. The van der Waals surface area contributed by atoms with Gasteiger partial charge in [0, 0.05) is 38.6 Å². The highest BCUT2D eigenvalue weighted by molar-refractivity contribution is 5.94. The van der Waals surface area contributed by atoms with Gasteiger partial charge in [-0.15, -0.1) is 0 Å². The van der Waals surface area contributed by atoms with Crippen molar-refractivity contribution in [2.24, 2.45) is 5.92 Å². The predicted molar refractivity (Wildman–Crippen MR) is 121 cm³/mol. The van der Waals surface area contributed by atoms with Gasteiger partial charge < -0.3 is 25.2 Å². The molecule has 2 atom stereocenters. The number of hydrogen-bond donors (Lipinski definition) is 3. The summed E-state index contributed by atoms with van der Waals surface area (Å²) in [5.41, 5.74) is 1.34. The number of nitrogens with zero attached hydrogens (tertiary/aromatic N) is 1. The van der Waals surface area contributed by atoms with E-state index < -0.39 is 5.79 Å². The predicted octanol–water partition coefficient (Wildman–Crippen LogP) is 2.55. The number of ether oxygens (including phenoxy) is 1. The van der Waals surface area contributed by atoms with Gasteiger partial charge >= 0.3 is 0 Å². The molecule has 2 amide bonds. The lowest BCUT2D eigenvalue weighted by Gasteiger charge is -2.20. The van der Waals surface area contributed by atoms with Gasteiger partial charge in [0.05, 0.1) is 12.7 Å². The van der Waals surface area contributed by atoms with E-state index in [9.17, 15) is 9.59 Å². The molecule has 3 rings (SSSR count). The first-order chi connectivity index (χ1) is 14.6. The van der Waals surface area contributed by atoms with Crippen LogP contribution >= 0.6 is 0 Å². The Morgan fingerprint density at radius 2 is 1.58 bits per heavy atom. The number of nitrogens with one attached hydrogen (secondary N) is 1. The summed E-state index contributed by atoms with van der Waals surface area (Å²) in [6.07, 6.45) is 0.828. The second-order valence-electron chi connectivity index (χ2n) is 8.18.